The number of hydrogen-bond donors (Lipinski definition) is 1. The number of ether oxygens (including phenoxy) is 1. The molecule has 0 aliphatic rings. The largest absolute Gasteiger partial charge is 0.459 e. The number of rotatable bonds is 5. The summed E-state index contributed by atoms with van der Waals surface area (Å²) in [5.74, 6) is 0.283. The Bertz CT molecular complexity index is 357. The molecular formula is C14H21NO2. The first-order valence-corrected chi connectivity index (χ1v) is 6.01. The van der Waals surface area contributed by atoms with Crippen molar-refractivity contribution >= 4 is 11.7 Å². The van der Waals surface area contributed by atoms with Gasteiger partial charge in [0.15, 0.2) is 0 Å². The molecule has 0 aliphatic carbocycles. The molecule has 0 bridgehead atoms. The Hall–Kier alpha value is -1.51. The monoisotopic (exact) mass is 235 g/mol. The van der Waals surface area contributed by atoms with Crippen LogP contribution in [0.15, 0.2) is 24.3 Å². The van der Waals surface area contributed by atoms with Crippen LogP contribution in [0.5, 0.6) is 0 Å². The third-order valence-electron chi connectivity index (χ3n) is 2.52. The van der Waals surface area contributed by atoms with Gasteiger partial charge in [0.2, 0.25) is 0 Å². The fraction of sp³-hybridized carbons (Fsp3) is 0.500. The highest BCUT2D eigenvalue weighted by atomic mass is 16.5. The summed E-state index contributed by atoms with van der Waals surface area (Å²) < 4.78 is 5.36. The summed E-state index contributed by atoms with van der Waals surface area (Å²) in [4.78, 5) is 11.8. The Morgan fingerprint density at radius 1 is 1.24 bits per heavy atom. The number of benzene rings is 1. The molecule has 1 atom stereocenters. The van der Waals surface area contributed by atoms with Crippen LogP contribution in [0.2, 0.25) is 0 Å². The molecule has 17 heavy (non-hydrogen) atoms. The van der Waals surface area contributed by atoms with Crippen molar-refractivity contribution in [2.45, 2.75) is 33.3 Å². The van der Waals surface area contributed by atoms with Crippen molar-refractivity contribution in [2.75, 3.05) is 12.4 Å². The van der Waals surface area contributed by atoms with Gasteiger partial charge < -0.3 is 10.1 Å². The summed E-state index contributed by atoms with van der Waals surface area (Å²) in [6, 6.07) is 7.28. The Balaban J connectivity index is 2.57. The van der Waals surface area contributed by atoms with Gasteiger partial charge in [0.05, 0.1) is 11.7 Å². The predicted molar refractivity (Wildman–Crippen MR) is 70.3 cm³/mol. The van der Waals surface area contributed by atoms with Crippen molar-refractivity contribution in [2.24, 2.45) is 5.92 Å². The summed E-state index contributed by atoms with van der Waals surface area (Å²) in [5, 5.41) is 3.01. The fourth-order valence-corrected chi connectivity index (χ4v) is 1.74. The zero-order valence-corrected chi connectivity index (χ0v) is 11.0. The van der Waals surface area contributed by atoms with E-state index in [1.165, 1.54) is 0 Å². The predicted octanol–water partition coefficient (Wildman–Crippen LogP) is 3.32. The van der Waals surface area contributed by atoms with Crippen LogP contribution in [0.3, 0.4) is 0 Å². The van der Waals surface area contributed by atoms with E-state index in [9.17, 15) is 4.79 Å². The zero-order chi connectivity index (χ0) is 12.8. The van der Waals surface area contributed by atoms with Crippen LogP contribution in [-0.2, 0) is 4.74 Å². The lowest BCUT2D eigenvalue weighted by molar-refractivity contribution is 0.0300. The molecule has 1 aromatic carbocycles. The number of carbonyl (C=O) groups is 1. The van der Waals surface area contributed by atoms with E-state index in [1.807, 2.05) is 26.1 Å². The molecule has 0 saturated heterocycles. The second-order valence-electron chi connectivity index (χ2n) is 4.67. The average molecular weight is 235 g/mol. The second kappa shape index (κ2) is 6.28. The average Bonchev–Trinajstić information content (AvgIpc) is 2.28. The van der Waals surface area contributed by atoms with Crippen molar-refractivity contribution < 1.29 is 9.53 Å². The van der Waals surface area contributed by atoms with Crippen LogP contribution < -0.4 is 5.32 Å². The standard InChI is InChI=1S/C14H21NO2/c1-10(2)9-11(3)17-14(16)12-5-7-13(15-4)8-6-12/h5-8,10-11,15H,9H2,1-4H3. The van der Waals surface area contributed by atoms with E-state index in [1.54, 1.807) is 12.1 Å². The van der Waals surface area contributed by atoms with Gasteiger partial charge in [-0.15, -0.1) is 0 Å². The van der Waals surface area contributed by atoms with E-state index in [4.69, 9.17) is 4.74 Å². The number of esters is 1. The molecule has 0 aliphatic heterocycles. The van der Waals surface area contributed by atoms with Crippen molar-refractivity contribution in [3.63, 3.8) is 0 Å². The van der Waals surface area contributed by atoms with Crippen LogP contribution in [0.1, 0.15) is 37.6 Å². The van der Waals surface area contributed by atoms with Gasteiger partial charge in [0.25, 0.3) is 0 Å². The Kier molecular flexibility index (Phi) is 5.01. The first-order chi connectivity index (χ1) is 8.02. The van der Waals surface area contributed by atoms with E-state index in [-0.39, 0.29) is 12.1 Å². The maximum Gasteiger partial charge on any atom is 0.338 e. The highest BCUT2D eigenvalue weighted by Crippen LogP contribution is 2.13. The number of carbonyl (C=O) groups excluding carboxylic acids is 1. The summed E-state index contributed by atoms with van der Waals surface area (Å²) >= 11 is 0. The molecule has 0 heterocycles. The quantitative estimate of drug-likeness (QED) is 0.796. The van der Waals surface area contributed by atoms with Crippen LogP contribution in [-0.4, -0.2) is 19.1 Å². The first-order valence-electron chi connectivity index (χ1n) is 6.01. The number of anilines is 1. The number of hydrogen-bond acceptors (Lipinski definition) is 3. The van der Waals surface area contributed by atoms with E-state index in [0.29, 0.717) is 11.5 Å². The molecular weight excluding hydrogens is 214 g/mol. The maximum absolute atomic E-state index is 11.8. The van der Waals surface area contributed by atoms with Crippen LogP contribution in [0, 0.1) is 5.92 Å². The summed E-state index contributed by atoms with van der Waals surface area (Å²) in [7, 11) is 1.85. The van der Waals surface area contributed by atoms with Crippen molar-refractivity contribution in [1.82, 2.24) is 0 Å². The molecule has 0 aromatic heterocycles. The van der Waals surface area contributed by atoms with Crippen molar-refractivity contribution in [3.8, 4) is 0 Å². The minimum atomic E-state index is -0.249. The molecule has 0 radical (unpaired) electrons. The first kappa shape index (κ1) is 13.6. The molecule has 1 unspecified atom stereocenters. The van der Waals surface area contributed by atoms with E-state index in [2.05, 4.69) is 19.2 Å². The molecule has 1 aromatic rings. The second-order valence-corrected chi connectivity index (χ2v) is 4.67. The minimum absolute atomic E-state index is 0.0357. The SMILES string of the molecule is CNc1ccc(C(=O)OC(C)CC(C)C)cc1. The van der Waals surface area contributed by atoms with Gasteiger partial charge in [-0.2, -0.15) is 0 Å². The molecule has 1 rings (SSSR count). The number of nitrogens with one attached hydrogen (secondary N) is 1. The van der Waals surface area contributed by atoms with Crippen LogP contribution in [0.25, 0.3) is 0 Å². The summed E-state index contributed by atoms with van der Waals surface area (Å²) in [6.45, 7) is 6.16. The molecule has 3 nitrogen and oxygen atoms in total. The highest BCUT2D eigenvalue weighted by molar-refractivity contribution is 5.89. The molecule has 0 amide bonds. The Morgan fingerprint density at radius 3 is 2.29 bits per heavy atom. The van der Waals surface area contributed by atoms with Crippen molar-refractivity contribution in [3.05, 3.63) is 29.8 Å². The van der Waals surface area contributed by atoms with Gasteiger partial charge in [-0.25, -0.2) is 4.79 Å². The summed E-state index contributed by atoms with van der Waals surface area (Å²) in [5.41, 5.74) is 1.58. The Labute approximate surface area is 103 Å². The van der Waals surface area contributed by atoms with Crippen molar-refractivity contribution in [1.29, 1.82) is 0 Å². The lowest BCUT2D eigenvalue weighted by atomic mass is 10.1. The molecule has 94 valence electrons. The fourth-order valence-electron chi connectivity index (χ4n) is 1.74. The van der Waals surface area contributed by atoms with Gasteiger partial charge in [-0.05, 0) is 43.5 Å². The molecule has 0 spiro atoms. The molecule has 0 fully saturated rings. The van der Waals surface area contributed by atoms with Gasteiger partial charge in [-0.1, -0.05) is 13.8 Å². The Morgan fingerprint density at radius 2 is 1.82 bits per heavy atom. The van der Waals surface area contributed by atoms with Crippen LogP contribution >= 0.6 is 0 Å². The van der Waals surface area contributed by atoms with Gasteiger partial charge in [0, 0.05) is 12.7 Å². The van der Waals surface area contributed by atoms with E-state index >= 15 is 0 Å². The normalized spacial score (nSPS) is 12.3. The molecule has 1 N–H and O–H groups in total. The lowest BCUT2D eigenvalue weighted by Crippen LogP contribution is -2.16. The minimum Gasteiger partial charge on any atom is -0.459 e. The highest BCUT2D eigenvalue weighted by Gasteiger charge is 2.12. The smallest absolute Gasteiger partial charge is 0.338 e. The topological polar surface area (TPSA) is 38.3 Å². The maximum atomic E-state index is 11.8. The third kappa shape index (κ3) is 4.47. The van der Waals surface area contributed by atoms with Gasteiger partial charge >= 0.3 is 5.97 Å². The van der Waals surface area contributed by atoms with Gasteiger partial charge in [-0.3, -0.25) is 0 Å². The third-order valence-corrected chi connectivity index (χ3v) is 2.52. The van der Waals surface area contributed by atoms with E-state index in [0.717, 1.165) is 12.1 Å². The zero-order valence-electron chi connectivity index (χ0n) is 11.0. The molecule has 0 saturated carbocycles. The van der Waals surface area contributed by atoms with Gasteiger partial charge in [0.1, 0.15) is 0 Å². The lowest BCUT2D eigenvalue weighted by Gasteiger charge is -2.15. The van der Waals surface area contributed by atoms with E-state index < -0.39 is 0 Å². The summed E-state index contributed by atoms with van der Waals surface area (Å²) in [6.07, 6.45) is 0.854. The van der Waals surface area contributed by atoms with Crippen LogP contribution in [0.4, 0.5) is 5.69 Å². The molecule has 3 heteroatoms.